The number of hydrogen-bond acceptors (Lipinski definition) is 3. The summed E-state index contributed by atoms with van der Waals surface area (Å²) in [5.41, 5.74) is -0.620. The summed E-state index contributed by atoms with van der Waals surface area (Å²) >= 11 is 0. The van der Waals surface area contributed by atoms with Crippen LogP contribution in [0.3, 0.4) is 0 Å². The molecule has 6 heteroatoms. The Labute approximate surface area is 107 Å². The molecule has 0 aromatic heterocycles. The number of carbonyl (C=O) groups is 1. The molecular formula is C13H11F3O3. The summed E-state index contributed by atoms with van der Waals surface area (Å²) in [5, 5.41) is 0. The Hall–Kier alpha value is -1.98. The number of benzene rings is 1. The number of cyclic esters (lactones) is 1. The minimum Gasteiger partial charge on any atom is -0.452 e. The molecule has 2 rings (SSSR count). The van der Waals surface area contributed by atoms with E-state index in [-0.39, 0.29) is 11.3 Å². The van der Waals surface area contributed by atoms with Gasteiger partial charge < -0.3 is 9.47 Å². The number of esters is 1. The first kappa shape index (κ1) is 13.5. The molecule has 0 saturated heterocycles. The van der Waals surface area contributed by atoms with Gasteiger partial charge in [-0.05, 0) is 12.1 Å². The molecule has 0 N–H and O–H groups in total. The molecule has 102 valence electrons. The van der Waals surface area contributed by atoms with E-state index in [0.29, 0.717) is 0 Å². The fraction of sp³-hybridized carbons (Fsp3) is 0.308. The molecule has 0 bridgehead atoms. The Kier molecular flexibility index (Phi) is 3.04. The van der Waals surface area contributed by atoms with Gasteiger partial charge in [0.25, 0.3) is 0 Å². The second kappa shape index (κ2) is 4.29. The van der Waals surface area contributed by atoms with Crippen molar-refractivity contribution in [1.82, 2.24) is 0 Å². The highest BCUT2D eigenvalue weighted by atomic mass is 19.4. The molecule has 0 fully saturated rings. The summed E-state index contributed by atoms with van der Waals surface area (Å²) in [6.07, 6.45) is -3.41. The summed E-state index contributed by atoms with van der Waals surface area (Å²) in [6, 6.07) is 4.59. The van der Waals surface area contributed by atoms with Crippen molar-refractivity contribution in [2.75, 3.05) is 0 Å². The lowest BCUT2D eigenvalue weighted by Gasteiger charge is -2.30. The largest absolute Gasteiger partial charge is 0.452 e. The van der Waals surface area contributed by atoms with Crippen LogP contribution in [0.4, 0.5) is 13.2 Å². The third-order valence-corrected chi connectivity index (χ3v) is 2.43. The normalized spacial score (nSPS) is 18.4. The fourth-order valence-corrected chi connectivity index (χ4v) is 1.68. The minimum atomic E-state index is -4.44. The highest BCUT2D eigenvalue weighted by molar-refractivity contribution is 5.91. The molecule has 0 amide bonds. The van der Waals surface area contributed by atoms with Crippen LogP contribution in [-0.4, -0.2) is 11.8 Å². The first-order valence-corrected chi connectivity index (χ1v) is 5.49. The lowest BCUT2D eigenvalue weighted by molar-refractivity contribution is -0.193. The summed E-state index contributed by atoms with van der Waals surface area (Å²) < 4.78 is 48.0. The maximum Gasteiger partial charge on any atom is 0.416 e. The molecule has 0 aliphatic carbocycles. The van der Waals surface area contributed by atoms with Gasteiger partial charge in [-0.25, -0.2) is 4.79 Å². The molecule has 1 aliphatic heterocycles. The fourth-order valence-electron chi connectivity index (χ4n) is 1.68. The smallest absolute Gasteiger partial charge is 0.416 e. The van der Waals surface area contributed by atoms with Crippen LogP contribution in [0.5, 0.6) is 0 Å². The molecule has 0 unspecified atom stereocenters. The van der Waals surface area contributed by atoms with E-state index >= 15 is 0 Å². The van der Waals surface area contributed by atoms with E-state index in [1.807, 2.05) is 0 Å². The molecule has 0 saturated carbocycles. The predicted octanol–water partition coefficient (Wildman–Crippen LogP) is 3.36. The number of rotatable bonds is 1. The van der Waals surface area contributed by atoms with E-state index in [2.05, 4.69) is 0 Å². The van der Waals surface area contributed by atoms with Crippen LogP contribution < -0.4 is 0 Å². The van der Waals surface area contributed by atoms with E-state index in [1.165, 1.54) is 26.0 Å². The van der Waals surface area contributed by atoms with Crippen LogP contribution in [0.2, 0.25) is 0 Å². The predicted molar refractivity (Wildman–Crippen MR) is 60.7 cm³/mol. The molecular weight excluding hydrogens is 261 g/mol. The zero-order chi connectivity index (χ0) is 14.3. The number of halogens is 3. The van der Waals surface area contributed by atoms with E-state index in [0.717, 1.165) is 18.2 Å². The van der Waals surface area contributed by atoms with E-state index in [1.54, 1.807) is 0 Å². The summed E-state index contributed by atoms with van der Waals surface area (Å²) in [7, 11) is 0. The first-order valence-electron chi connectivity index (χ1n) is 5.49. The Bertz CT molecular complexity index is 544. The molecule has 1 aliphatic rings. The zero-order valence-electron chi connectivity index (χ0n) is 10.2. The highest BCUT2D eigenvalue weighted by Gasteiger charge is 2.33. The van der Waals surface area contributed by atoms with Crippen LogP contribution in [0.15, 0.2) is 30.3 Å². The van der Waals surface area contributed by atoms with Gasteiger partial charge in [0.2, 0.25) is 5.79 Å². The minimum absolute atomic E-state index is 0.0624. The second-order valence-electron chi connectivity index (χ2n) is 4.51. The van der Waals surface area contributed by atoms with Gasteiger partial charge in [-0.1, -0.05) is 12.1 Å². The number of ether oxygens (including phenoxy) is 2. The summed E-state index contributed by atoms with van der Waals surface area (Å²) in [6.45, 7) is 3.01. The average molecular weight is 272 g/mol. The number of alkyl halides is 3. The highest BCUT2D eigenvalue weighted by Crippen LogP contribution is 2.33. The van der Waals surface area contributed by atoms with Crippen molar-refractivity contribution < 1.29 is 27.4 Å². The molecule has 0 radical (unpaired) electrons. The molecule has 1 heterocycles. The monoisotopic (exact) mass is 272 g/mol. The van der Waals surface area contributed by atoms with Gasteiger partial charge in [0.1, 0.15) is 5.76 Å². The van der Waals surface area contributed by atoms with Gasteiger partial charge in [0, 0.05) is 19.4 Å². The third-order valence-electron chi connectivity index (χ3n) is 2.43. The van der Waals surface area contributed by atoms with Gasteiger partial charge in [-0.2, -0.15) is 13.2 Å². The SMILES string of the molecule is CC1(C)OC(=O)C=C(c2cccc(C(F)(F)F)c2)O1. The first-order chi connectivity index (χ1) is 8.67. The van der Waals surface area contributed by atoms with Crippen LogP contribution >= 0.6 is 0 Å². The maximum absolute atomic E-state index is 12.6. The van der Waals surface area contributed by atoms with E-state index < -0.39 is 23.5 Å². The summed E-state index contributed by atoms with van der Waals surface area (Å²) in [4.78, 5) is 11.3. The Morgan fingerprint density at radius 2 is 1.84 bits per heavy atom. The lowest BCUT2D eigenvalue weighted by atomic mass is 10.1. The molecule has 1 aromatic carbocycles. The van der Waals surface area contributed by atoms with E-state index in [9.17, 15) is 18.0 Å². The zero-order valence-corrected chi connectivity index (χ0v) is 10.2. The Morgan fingerprint density at radius 3 is 2.42 bits per heavy atom. The topological polar surface area (TPSA) is 35.5 Å². The average Bonchev–Trinajstić information content (AvgIpc) is 2.25. The summed E-state index contributed by atoms with van der Waals surface area (Å²) in [5.74, 6) is -1.79. The molecule has 1 aromatic rings. The third kappa shape index (κ3) is 3.07. The van der Waals surface area contributed by atoms with Crippen molar-refractivity contribution in [3.8, 4) is 0 Å². The van der Waals surface area contributed by atoms with Crippen LogP contribution in [-0.2, 0) is 20.4 Å². The molecule has 19 heavy (non-hydrogen) atoms. The number of carbonyl (C=O) groups excluding carboxylic acids is 1. The van der Waals surface area contributed by atoms with Crippen molar-refractivity contribution in [3.63, 3.8) is 0 Å². The Balaban J connectivity index is 2.40. The van der Waals surface area contributed by atoms with Crippen LogP contribution in [0.25, 0.3) is 5.76 Å². The van der Waals surface area contributed by atoms with Gasteiger partial charge in [-0.15, -0.1) is 0 Å². The quantitative estimate of drug-likeness (QED) is 0.735. The molecule has 0 spiro atoms. The molecule has 3 nitrogen and oxygen atoms in total. The van der Waals surface area contributed by atoms with Gasteiger partial charge in [0.05, 0.1) is 11.6 Å². The van der Waals surface area contributed by atoms with Gasteiger partial charge in [0.15, 0.2) is 0 Å². The Morgan fingerprint density at radius 1 is 1.16 bits per heavy atom. The lowest BCUT2D eigenvalue weighted by Crippen LogP contribution is -2.33. The molecule has 0 atom stereocenters. The van der Waals surface area contributed by atoms with Gasteiger partial charge >= 0.3 is 12.1 Å². The van der Waals surface area contributed by atoms with Crippen molar-refractivity contribution >= 4 is 11.7 Å². The van der Waals surface area contributed by atoms with Gasteiger partial charge in [-0.3, -0.25) is 0 Å². The van der Waals surface area contributed by atoms with E-state index in [4.69, 9.17) is 9.47 Å². The van der Waals surface area contributed by atoms with Crippen molar-refractivity contribution in [2.24, 2.45) is 0 Å². The maximum atomic E-state index is 12.6. The van der Waals surface area contributed by atoms with Crippen molar-refractivity contribution in [3.05, 3.63) is 41.5 Å². The standard InChI is InChI=1S/C13H11F3O3/c1-12(2)18-10(7-11(17)19-12)8-4-3-5-9(6-8)13(14,15)16/h3-7H,1-2H3. The number of hydrogen-bond donors (Lipinski definition) is 0. The van der Waals surface area contributed by atoms with Crippen LogP contribution in [0, 0.1) is 0 Å². The van der Waals surface area contributed by atoms with Crippen molar-refractivity contribution in [1.29, 1.82) is 0 Å². The van der Waals surface area contributed by atoms with Crippen LogP contribution in [0.1, 0.15) is 25.0 Å². The van der Waals surface area contributed by atoms with Crippen molar-refractivity contribution in [2.45, 2.75) is 25.8 Å². The second-order valence-corrected chi connectivity index (χ2v) is 4.51.